The van der Waals surface area contributed by atoms with E-state index in [1.54, 1.807) is 0 Å². The Hall–Kier alpha value is -1.40. The van der Waals surface area contributed by atoms with E-state index in [1.807, 2.05) is 19.2 Å². The molecule has 7 heteroatoms. The Morgan fingerprint density at radius 2 is 2.21 bits per heavy atom. The molecule has 0 aliphatic heterocycles. The molecule has 0 saturated carbocycles. The van der Waals surface area contributed by atoms with Gasteiger partial charge in [0.1, 0.15) is 5.15 Å². The van der Waals surface area contributed by atoms with Crippen LogP contribution in [0.2, 0.25) is 5.15 Å². The van der Waals surface area contributed by atoms with Gasteiger partial charge in [0.05, 0.1) is 10.6 Å². The van der Waals surface area contributed by atoms with Crippen LogP contribution in [0.4, 0.5) is 0 Å². The highest BCUT2D eigenvalue weighted by Crippen LogP contribution is 2.10. The number of nitrogens with zero attached hydrogens (tertiary/aromatic N) is 2. The standard InChI is InChI=1S/C12H14ClN3O2S/c1-3-8-10(13)15-12(18)16(11(8)17)5-4-9-14-7(2)6-19-9/h6H,3-5H2,1-2H3,(H,15,18). The summed E-state index contributed by atoms with van der Waals surface area (Å²) in [4.78, 5) is 30.7. The molecule has 2 aromatic heterocycles. The van der Waals surface area contributed by atoms with Crippen molar-refractivity contribution in [2.45, 2.75) is 33.2 Å². The first-order chi connectivity index (χ1) is 9.02. The van der Waals surface area contributed by atoms with Crippen molar-refractivity contribution >= 4 is 22.9 Å². The second-order valence-electron chi connectivity index (χ2n) is 4.17. The molecule has 0 spiro atoms. The van der Waals surface area contributed by atoms with Crippen LogP contribution < -0.4 is 11.2 Å². The average Bonchev–Trinajstić information content (AvgIpc) is 2.75. The number of aryl methyl sites for hydroxylation is 2. The highest BCUT2D eigenvalue weighted by molar-refractivity contribution is 7.09. The molecular formula is C12H14ClN3O2S. The first-order valence-corrected chi connectivity index (χ1v) is 7.21. The van der Waals surface area contributed by atoms with Crippen molar-refractivity contribution in [3.05, 3.63) is 47.6 Å². The van der Waals surface area contributed by atoms with Gasteiger partial charge >= 0.3 is 5.69 Å². The van der Waals surface area contributed by atoms with Crippen molar-refractivity contribution in [3.8, 4) is 0 Å². The number of H-pyrrole nitrogens is 1. The average molecular weight is 300 g/mol. The molecule has 0 aromatic carbocycles. The van der Waals surface area contributed by atoms with Gasteiger partial charge in [-0.1, -0.05) is 18.5 Å². The molecule has 19 heavy (non-hydrogen) atoms. The van der Waals surface area contributed by atoms with E-state index >= 15 is 0 Å². The summed E-state index contributed by atoms with van der Waals surface area (Å²) in [7, 11) is 0. The summed E-state index contributed by atoms with van der Waals surface area (Å²) in [5.41, 5.74) is 0.605. The van der Waals surface area contributed by atoms with Crippen LogP contribution in [0.15, 0.2) is 15.0 Å². The van der Waals surface area contributed by atoms with Crippen molar-refractivity contribution < 1.29 is 0 Å². The van der Waals surface area contributed by atoms with Gasteiger partial charge in [-0.25, -0.2) is 9.78 Å². The molecule has 0 bridgehead atoms. The van der Waals surface area contributed by atoms with Crippen LogP contribution >= 0.6 is 22.9 Å². The van der Waals surface area contributed by atoms with Gasteiger partial charge in [0.2, 0.25) is 0 Å². The molecule has 0 fully saturated rings. The van der Waals surface area contributed by atoms with E-state index in [9.17, 15) is 9.59 Å². The van der Waals surface area contributed by atoms with E-state index in [0.717, 1.165) is 10.7 Å². The van der Waals surface area contributed by atoms with Crippen LogP contribution in [0.5, 0.6) is 0 Å². The van der Waals surface area contributed by atoms with Crippen molar-refractivity contribution in [1.82, 2.24) is 14.5 Å². The van der Waals surface area contributed by atoms with Gasteiger partial charge in [-0.3, -0.25) is 14.3 Å². The minimum Gasteiger partial charge on any atom is -0.297 e. The van der Waals surface area contributed by atoms with Crippen molar-refractivity contribution in [2.24, 2.45) is 0 Å². The van der Waals surface area contributed by atoms with Gasteiger partial charge < -0.3 is 0 Å². The summed E-state index contributed by atoms with van der Waals surface area (Å²) in [5, 5.41) is 3.00. The summed E-state index contributed by atoms with van der Waals surface area (Å²) < 4.78 is 1.18. The highest BCUT2D eigenvalue weighted by atomic mass is 35.5. The maximum Gasteiger partial charge on any atom is 0.329 e. The summed E-state index contributed by atoms with van der Waals surface area (Å²) in [6.45, 7) is 4.05. The lowest BCUT2D eigenvalue weighted by molar-refractivity contribution is 0.618. The molecule has 2 aromatic rings. The summed E-state index contributed by atoms with van der Waals surface area (Å²) in [5.74, 6) is 0. The summed E-state index contributed by atoms with van der Waals surface area (Å²) >= 11 is 7.38. The Morgan fingerprint density at radius 3 is 2.79 bits per heavy atom. The lowest BCUT2D eigenvalue weighted by Gasteiger charge is -2.06. The Labute approximate surface area is 118 Å². The van der Waals surface area contributed by atoms with Crippen LogP contribution in [0.3, 0.4) is 0 Å². The number of hydrogen-bond donors (Lipinski definition) is 1. The quantitative estimate of drug-likeness (QED) is 0.875. The summed E-state index contributed by atoms with van der Waals surface area (Å²) in [6, 6.07) is 0. The zero-order chi connectivity index (χ0) is 14.0. The molecule has 2 heterocycles. The Morgan fingerprint density at radius 1 is 1.47 bits per heavy atom. The SMILES string of the molecule is CCc1c(Cl)[nH]c(=O)n(CCc2nc(C)cs2)c1=O. The Balaban J connectivity index is 2.30. The minimum absolute atomic E-state index is 0.138. The molecule has 5 nitrogen and oxygen atoms in total. The number of thiazole rings is 1. The third-order valence-electron chi connectivity index (χ3n) is 2.80. The molecule has 0 aliphatic rings. The number of rotatable bonds is 4. The van der Waals surface area contributed by atoms with E-state index in [0.29, 0.717) is 24.9 Å². The van der Waals surface area contributed by atoms with Crippen molar-refractivity contribution in [2.75, 3.05) is 0 Å². The second-order valence-corrected chi connectivity index (χ2v) is 5.49. The molecule has 0 unspecified atom stereocenters. The fourth-order valence-corrected chi connectivity index (χ4v) is 2.88. The second kappa shape index (κ2) is 5.71. The zero-order valence-corrected chi connectivity index (χ0v) is 12.3. The van der Waals surface area contributed by atoms with Crippen LogP contribution in [0.1, 0.15) is 23.2 Å². The fraction of sp³-hybridized carbons (Fsp3) is 0.417. The van der Waals surface area contributed by atoms with E-state index in [4.69, 9.17) is 11.6 Å². The molecule has 1 N–H and O–H groups in total. The van der Waals surface area contributed by atoms with Crippen molar-refractivity contribution in [1.29, 1.82) is 0 Å². The smallest absolute Gasteiger partial charge is 0.297 e. The predicted molar refractivity (Wildman–Crippen MR) is 76.3 cm³/mol. The number of nitrogens with one attached hydrogen (secondary N) is 1. The molecule has 0 radical (unpaired) electrons. The van der Waals surface area contributed by atoms with E-state index < -0.39 is 5.69 Å². The molecular weight excluding hydrogens is 286 g/mol. The molecule has 0 atom stereocenters. The summed E-state index contributed by atoms with van der Waals surface area (Å²) in [6.07, 6.45) is 1.05. The Bertz CT molecular complexity index is 702. The van der Waals surface area contributed by atoms with Crippen LogP contribution in [-0.4, -0.2) is 14.5 Å². The molecule has 0 saturated heterocycles. The van der Waals surface area contributed by atoms with Crippen molar-refractivity contribution in [3.63, 3.8) is 0 Å². The lowest BCUT2D eigenvalue weighted by Crippen LogP contribution is -2.37. The molecule has 2 rings (SSSR count). The van der Waals surface area contributed by atoms with Gasteiger partial charge in [-0.2, -0.15) is 0 Å². The topological polar surface area (TPSA) is 67.8 Å². The largest absolute Gasteiger partial charge is 0.329 e. The number of hydrogen-bond acceptors (Lipinski definition) is 4. The van der Waals surface area contributed by atoms with Gasteiger partial charge in [-0.15, -0.1) is 11.3 Å². The van der Waals surface area contributed by atoms with Gasteiger partial charge in [0, 0.05) is 24.0 Å². The third-order valence-corrected chi connectivity index (χ3v) is 4.15. The maximum atomic E-state index is 12.1. The zero-order valence-electron chi connectivity index (χ0n) is 10.7. The highest BCUT2D eigenvalue weighted by Gasteiger charge is 2.11. The molecule has 0 aliphatic carbocycles. The fourth-order valence-electron chi connectivity index (χ4n) is 1.82. The van der Waals surface area contributed by atoms with Gasteiger partial charge in [0.15, 0.2) is 0 Å². The normalized spacial score (nSPS) is 10.9. The predicted octanol–water partition coefficient (Wildman–Crippen LogP) is 1.76. The first kappa shape index (κ1) is 14.0. The van der Waals surface area contributed by atoms with E-state index in [2.05, 4.69) is 9.97 Å². The van der Waals surface area contributed by atoms with E-state index in [1.165, 1.54) is 15.9 Å². The maximum absolute atomic E-state index is 12.1. The minimum atomic E-state index is -0.472. The third kappa shape index (κ3) is 2.96. The molecule has 102 valence electrons. The van der Waals surface area contributed by atoms with Crippen LogP contribution in [-0.2, 0) is 19.4 Å². The van der Waals surface area contributed by atoms with E-state index in [-0.39, 0.29) is 10.7 Å². The number of aromatic nitrogens is 3. The monoisotopic (exact) mass is 299 g/mol. The van der Waals surface area contributed by atoms with Gasteiger partial charge in [0.25, 0.3) is 5.56 Å². The molecule has 0 amide bonds. The lowest BCUT2D eigenvalue weighted by atomic mass is 10.2. The van der Waals surface area contributed by atoms with Crippen LogP contribution in [0, 0.1) is 6.92 Å². The van der Waals surface area contributed by atoms with Crippen LogP contribution in [0.25, 0.3) is 0 Å². The first-order valence-electron chi connectivity index (χ1n) is 5.95. The number of aromatic amines is 1. The van der Waals surface area contributed by atoms with Gasteiger partial charge in [-0.05, 0) is 13.3 Å². The Kier molecular flexibility index (Phi) is 4.21. The number of halogens is 1.